The average Bonchev–Trinajstić information content (AvgIpc) is 2.69. The lowest BCUT2D eigenvalue weighted by atomic mass is 10.2. The molecule has 0 atom stereocenters. The number of carbonyl (C=O) groups is 2. The predicted molar refractivity (Wildman–Crippen MR) is 49.3 cm³/mol. The van der Waals surface area contributed by atoms with Gasteiger partial charge in [0.15, 0.2) is 0 Å². The normalized spacial score (nSPS) is 14.2. The van der Waals surface area contributed by atoms with E-state index in [9.17, 15) is 9.59 Å². The number of hydrogen-bond acceptors (Lipinski definition) is 3. The standard InChI is InChI=1S/C10H11NO3/c1-2-14-10(13)7-5-6-11-8(7)3-4-9(11)12/h5-6H,2-4H2,1H3. The van der Waals surface area contributed by atoms with E-state index in [0.29, 0.717) is 25.0 Å². The highest BCUT2D eigenvalue weighted by Crippen LogP contribution is 2.20. The fourth-order valence-corrected chi connectivity index (χ4v) is 1.69. The molecule has 0 spiro atoms. The zero-order valence-corrected chi connectivity index (χ0v) is 7.95. The van der Waals surface area contributed by atoms with Crippen molar-refractivity contribution in [3.8, 4) is 0 Å². The topological polar surface area (TPSA) is 48.3 Å². The Morgan fingerprint density at radius 1 is 1.57 bits per heavy atom. The number of ether oxygens (including phenoxy) is 1. The van der Waals surface area contributed by atoms with Crippen LogP contribution < -0.4 is 0 Å². The molecule has 0 saturated carbocycles. The van der Waals surface area contributed by atoms with E-state index in [2.05, 4.69) is 0 Å². The van der Waals surface area contributed by atoms with Crippen LogP contribution in [0.1, 0.15) is 34.2 Å². The third kappa shape index (κ3) is 1.23. The molecule has 1 aromatic heterocycles. The maximum atomic E-state index is 11.4. The van der Waals surface area contributed by atoms with Crippen LogP contribution in [-0.2, 0) is 11.2 Å². The molecular formula is C10H11NO3. The number of esters is 1. The Kier molecular flexibility index (Phi) is 2.11. The number of fused-ring (bicyclic) bond motifs is 1. The largest absolute Gasteiger partial charge is 0.462 e. The Balaban J connectivity index is 2.33. The van der Waals surface area contributed by atoms with E-state index in [-0.39, 0.29) is 11.9 Å². The van der Waals surface area contributed by atoms with Crippen LogP contribution in [0.5, 0.6) is 0 Å². The fourth-order valence-electron chi connectivity index (χ4n) is 1.69. The summed E-state index contributed by atoms with van der Waals surface area (Å²) in [6.45, 7) is 2.12. The van der Waals surface area contributed by atoms with E-state index >= 15 is 0 Å². The summed E-state index contributed by atoms with van der Waals surface area (Å²) < 4.78 is 6.42. The summed E-state index contributed by atoms with van der Waals surface area (Å²) in [5, 5.41) is 0. The Labute approximate surface area is 81.5 Å². The Morgan fingerprint density at radius 3 is 3.07 bits per heavy atom. The van der Waals surface area contributed by atoms with Gasteiger partial charge in [-0.15, -0.1) is 0 Å². The monoisotopic (exact) mass is 193 g/mol. The first-order valence-corrected chi connectivity index (χ1v) is 4.64. The molecule has 0 unspecified atom stereocenters. The van der Waals surface area contributed by atoms with Crippen LogP contribution >= 0.6 is 0 Å². The lowest BCUT2D eigenvalue weighted by Gasteiger charge is -2.00. The van der Waals surface area contributed by atoms with Gasteiger partial charge in [0.25, 0.3) is 0 Å². The lowest BCUT2D eigenvalue weighted by molar-refractivity contribution is 0.0525. The molecule has 14 heavy (non-hydrogen) atoms. The second-order valence-corrected chi connectivity index (χ2v) is 3.16. The first-order chi connectivity index (χ1) is 6.74. The first-order valence-electron chi connectivity index (χ1n) is 4.64. The van der Waals surface area contributed by atoms with Crippen molar-refractivity contribution in [2.75, 3.05) is 6.61 Å². The minimum absolute atomic E-state index is 0.0514. The Bertz CT molecular complexity index is 392. The quantitative estimate of drug-likeness (QED) is 0.664. The smallest absolute Gasteiger partial charge is 0.339 e. The number of rotatable bonds is 2. The van der Waals surface area contributed by atoms with Crippen LogP contribution in [0.4, 0.5) is 0 Å². The molecule has 1 aliphatic rings. The molecule has 0 bridgehead atoms. The average molecular weight is 193 g/mol. The van der Waals surface area contributed by atoms with Crippen LogP contribution in [0, 0.1) is 0 Å². The first kappa shape index (κ1) is 8.99. The molecule has 74 valence electrons. The lowest BCUT2D eigenvalue weighted by Crippen LogP contribution is -2.07. The maximum absolute atomic E-state index is 11.4. The summed E-state index contributed by atoms with van der Waals surface area (Å²) in [4.78, 5) is 22.7. The van der Waals surface area contributed by atoms with Gasteiger partial charge in [0.1, 0.15) is 0 Å². The summed E-state index contributed by atoms with van der Waals surface area (Å²) in [7, 11) is 0. The van der Waals surface area contributed by atoms with E-state index in [1.54, 1.807) is 19.2 Å². The molecule has 1 aromatic rings. The van der Waals surface area contributed by atoms with Crippen LogP contribution in [-0.4, -0.2) is 23.1 Å². The van der Waals surface area contributed by atoms with Gasteiger partial charge in [0.05, 0.1) is 12.2 Å². The second kappa shape index (κ2) is 3.29. The summed E-state index contributed by atoms with van der Waals surface area (Å²) in [6, 6.07) is 1.64. The van der Waals surface area contributed by atoms with Crippen molar-refractivity contribution in [3.63, 3.8) is 0 Å². The van der Waals surface area contributed by atoms with E-state index in [1.165, 1.54) is 4.57 Å². The minimum Gasteiger partial charge on any atom is -0.462 e. The van der Waals surface area contributed by atoms with Crippen LogP contribution in [0.2, 0.25) is 0 Å². The Morgan fingerprint density at radius 2 is 2.36 bits per heavy atom. The van der Waals surface area contributed by atoms with E-state index in [4.69, 9.17) is 4.74 Å². The molecule has 4 heteroatoms. The Hall–Kier alpha value is -1.58. The zero-order chi connectivity index (χ0) is 10.1. The van der Waals surface area contributed by atoms with Gasteiger partial charge in [-0.05, 0) is 19.4 Å². The van der Waals surface area contributed by atoms with Gasteiger partial charge in [-0.2, -0.15) is 0 Å². The molecule has 0 fully saturated rings. The molecule has 0 saturated heterocycles. The zero-order valence-electron chi connectivity index (χ0n) is 7.95. The molecule has 0 aromatic carbocycles. The second-order valence-electron chi connectivity index (χ2n) is 3.16. The molecule has 2 rings (SSSR count). The third-order valence-electron chi connectivity index (χ3n) is 2.33. The van der Waals surface area contributed by atoms with Gasteiger partial charge in [-0.1, -0.05) is 0 Å². The van der Waals surface area contributed by atoms with Gasteiger partial charge < -0.3 is 4.74 Å². The molecule has 2 heterocycles. The van der Waals surface area contributed by atoms with E-state index in [1.807, 2.05) is 0 Å². The number of hydrogen-bond donors (Lipinski definition) is 0. The summed E-state index contributed by atoms with van der Waals surface area (Å²) in [5.41, 5.74) is 1.31. The minimum atomic E-state index is -0.337. The predicted octanol–water partition coefficient (Wildman–Crippen LogP) is 1.25. The number of carbonyl (C=O) groups excluding carboxylic acids is 2. The highest BCUT2D eigenvalue weighted by Gasteiger charge is 2.25. The van der Waals surface area contributed by atoms with E-state index < -0.39 is 0 Å². The van der Waals surface area contributed by atoms with Crippen molar-refractivity contribution >= 4 is 11.9 Å². The van der Waals surface area contributed by atoms with Gasteiger partial charge in [0, 0.05) is 18.3 Å². The van der Waals surface area contributed by atoms with Crippen LogP contribution in [0.3, 0.4) is 0 Å². The van der Waals surface area contributed by atoms with Gasteiger partial charge >= 0.3 is 5.97 Å². The molecule has 0 N–H and O–H groups in total. The van der Waals surface area contributed by atoms with Crippen molar-refractivity contribution in [3.05, 3.63) is 23.5 Å². The maximum Gasteiger partial charge on any atom is 0.339 e. The van der Waals surface area contributed by atoms with Crippen molar-refractivity contribution in [2.24, 2.45) is 0 Å². The third-order valence-corrected chi connectivity index (χ3v) is 2.33. The molecule has 4 nitrogen and oxygen atoms in total. The molecule has 1 aliphatic heterocycles. The summed E-state index contributed by atoms with van der Waals surface area (Å²) in [6.07, 6.45) is 2.76. The fraction of sp³-hybridized carbons (Fsp3) is 0.400. The highest BCUT2D eigenvalue weighted by atomic mass is 16.5. The highest BCUT2D eigenvalue weighted by molar-refractivity contribution is 5.94. The van der Waals surface area contributed by atoms with Crippen molar-refractivity contribution in [1.29, 1.82) is 0 Å². The molecule has 0 amide bonds. The van der Waals surface area contributed by atoms with Gasteiger partial charge in [-0.25, -0.2) is 4.79 Å². The van der Waals surface area contributed by atoms with Gasteiger partial charge in [0.2, 0.25) is 5.91 Å². The summed E-state index contributed by atoms with van der Waals surface area (Å²) >= 11 is 0. The van der Waals surface area contributed by atoms with Crippen molar-refractivity contribution < 1.29 is 14.3 Å². The van der Waals surface area contributed by atoms with Crippen LogP contribution in [0.15, 0.2) is 12.3 Å². The van der Waals surface area contributed by atoms with E-state index in [0.717, 1.165) is 5.69 Å². The van der Waals surface area contributed by atoms with Crippen molar-refractivity contribution in [1.82, 2.24) is 4.57 Å². The summed E-state index contributed by atoms with van der Waals surface area (Å²) in [5.74, 6) is -0.286. The SMILES string of the molecule is CCOC(=O)c1ccn2c1CCC2=O. The molecule has 0 radical (unpaired) electrons. The number of aromatic nitrogens is 1. The molecular weight excluding hydrogens is 182 g/mol. The van der Waals surface area contributed by atoms with Crippen molar-refractivity contribution in [2.45, 2.75) is 19.8 Å². The molecule has 0 aliphatic carbocycles. The number of nitrogens with zero attached hydrogens (tertiary/aromatic N) is 1. The van der Waals surface area contributed by atoms with Gasteiger partial charge in [-0.3, -0.25) is 9.36 Å². The van der Waals surface area contributed by atoms with Crippen LogP contribution in [0.25, 0.3) is 0 Å².